The molecule has 0 atom stereocenters. The van der Waals surface area contributed by atoms with Gasteiger partial charge in [-0.2, -0.15) is 0 Å². The first kappa shape index (κ1) is 13.4. The molecule has 0 bridgehead atoms. The fraction of sp³-hybridized carbons (Fsp3) is 0.312. The second-order valence-electron chi connectivity index (χ2n) is 4.23. The number of hydrogen-bond donors (Lipinski definition) is 0. The molecule has 1 aromatic rings. The number of hydrogen-bond acceptors (Lipinski definition) is 1. The van der Waals surface area contributed by atoms with Crippen molar-refractivity contribution in [1.82, 2.24) is 0 Å². The number of rotatable bonds is 5. The summed E-state index contributed by atoms with van der Waals surface area (Å²) in [5, 5.41) is 0. The normalized spacial score (nSPS) is 12.1. The van der Waals surface area contributed by atoms with E-state index in [-0.39, 0.29) is 5.78 Å². The number of carbonyl (C=O) groups excluding carboxylic acids is 1. The fourth-order valence-corrected chi connectivity index (χ4v) is 1.76. The molecule has 0 heterocycles. The Morgan fingerprint density at radius 3 is 2.53 bits per heavy atom. The molecule has 1 heteroatoms. The standard InChI is InChI=1S/C16H20O/c1-4-5-9-15(12-11-14(3)17)16-10-7-6-8-13(16)2/h4-10H,11-12H2,1-3H3/b5-4-,15-9-. The van der Waals surface area contributed by atoms with Crippen molar-refractivity contribution in [2.75, 3.05) is 0 Å². The maximum Gasteiger partial charge on any atom is 0.130 e. The Morgan fingerprint density at radius 1 is 1.24 bits per heavy atom. The van der Waals surface area contributed by atoms with Crippen molar-refractivity contribution in [3.8, 4) is 0 Å². The first-order valence-electron chi connectivity index (χ1n) is 6.02. The van der Waals surface area contributed by atoms with Crippen LogP contribution in [0.25, 0.3) is 5.57 Å². The van der Waals surface area contributed by atoms with E-state index in [0.29, 0.717) is 6.42 Å². The number of benzene rings is 1. The van der Waals surface area contributed by atoms with Gasteiger partial charge in [0.2, 0.25) is 0 Å². The van der Waals surface area contributed by atoms with E-state index < -0.39 is 0 Å². The lowest BCUT2D eigenvalue weighted by Gasteiger charge is -2.09. The molecular weight excluding hydrogens is 208 g/mol. The molecule has 17 heavy (non-hydrogen) atoms. The Hall–Kier alpha value is -1.63. The summed E-state index contributed by atoms with van der Waals surface area (Å²) in [6.07, 6.45) is 7.56. The van der Waals surface area contributed by atoms with Gasteiger partial charge >= 0.3 is 0 Å². The van der Waals surface area contributed by atoms with Gasteiger partial charge in [0, 0.05) is 6.42 Å². The molecule has 0 fully saturated rings. The van der Waals surface area contributed by atoms with Gasteiger partial charge in [-0.25, -0.2) is 0 Å². The molecule has 1 aromatic carbocycles. The van der Waals surface area contributed by atoms with E-state index in [4.69, 9.17) is 0 Å². The van der Waals surface area contributed by atoms with Crippen LogP contribution in [0.1, 0.15) is 37.8 Å². The van der Waals surface area contributed by atoms with Crippen molar-refractivity contribution in [2.45, 2.75) is 33.6 Å². The number of aryl methyl sites for hydroxylation is 1. The zero-order chi connectivity index (χ0) is 12.7. The summed E-state index contributed by atoms with van der Waals surface area (Å²) >= 11 is 0. The molecule has 0 aromatic heterocycles. The minimum absolute atomic E-state index is 0.241. The van der Waals surface area contributed by atoms with Crippen LogP contribution in [0.15, 0.2) is 42.5 Å². The average molecular weight is 228 g/mol. The molecule has 0 saturated carbocycles. The van der Waals surface area contributed by atoms with Gasteiger partial charge in [-0.15, -0.1) is 0 Å². The predicted octanol–water partition coefficient (Wildman–Crippen LogP) is 4.32. The number of ketones is 1. The number of carbonyl (C=O) groups is 1. The third kappa shape index (κ3) is 4.39. The molecule has 0 amide bonds. The first-order chi connectivity index (χ1) is 8.15. The van der Waals surface area contributed by atoms with Crippen molar-refractivity contribution in [3.05, 3.63) is 53.6 Å². The lowest BCUT2D eigenvalue weighted by atomic mass is 9.96. The zero-order valence-corrected chi connectivity index (χ0v) is 10.9. The molecule has 90 valence electrons. The SMILES string of the molecule is C/C=C\C=C(\CCC(C)=O)c1ccccc1C. The molecule has 1 rings (SSSR count). The van der Waals surface area contributed by atoms with Crippen LogP contribution >= 0.6 is 0 Å². The van der Waals surface area contributed by atoms with E-state index in [1.165, 1.54) is 16.7 Å². The van der Waals surface area contributed by atoms with E-state index in [1.54, 1.807) is 6.92 Å². The van der Waals surface area contributed by atoms with Crippen molar-refractivity contribution in [2.24, 2.45) is 0 Å². The zero-order valence-electron chi connectivity index (χ0n) is 10.9. The Morgan fingerprint density at radius 2 is 1.94 bits per heavy atom. The van der Waals surface area contributed by atoms with Gasteiger partial charge in [0.1, 0.15) is 5.78 Å². The van der Waals surface area contributed by atoms with Crippen molar-refractivity contribution < 1.29 is 4.79 Å². The van der Waals surface area contributed by atoms with Crippen LogP contribution in [0.3, 0.4) is 0 Å². The van der Waals surface area contributed by atoms with Crippen molar-refractivity contribution >= 4 is 11.4 Å². The molecular formula is C16H20O. The number of Topliss-reactive ketones (excluding diaryl/α,β-unsaturated/α-hetero) is 1. The highest BCUT2D eigenvalue weighted by atomic mass is 16.1. The summed E-state index contributed by atoms with van der Waals surface area (Å²) in [4.78, 5) is 11.1. The summed E-state index contributed by atoms with van der Waals surface area (Å²) in [6.45, 7) is 5.74. The van der Waals surface area contributed by atoms with E-state index in [9.17, 15) is 4.79 Å². The molecule has 0 aliphatic rings. The molecule has 0 unspecified atom stereocenters. The summed E-state index contributed by atoms with van der Waals surface area (Å²) in [7, 11) is 0. The van der Waals surface area contributed by atoms with Gasteiger partial charge in [0.05, 0.1) is 0 Å². The molecule has 0 saturated heterocycles. The highest BCUT2D eigenvalue weighted by Gasteiger charge is 2.05. The molecule has 0 radical (unpaired) electrons. The van der Waals surface area contributed by atoms with Crippen LogP contribution in [0.5, 0.6) is 0 Å². The smallest absolute Gasteiger partial charge is 0.130 e. The summed E-state index contributed by atoms with van der Waals surface area (Å²) in [6, 6.07) is 8.30. The average Bonchev–Trinajstić information content (AvgIpc) is 2.30. The van der Waals surface area contributed by atoms with Gasteiger partial charge in [0.25, 0.3) is 0 Å². The third-order valence-electron chi connectivity index (χ3n) is 2.73. The largest absolute Gasteiger partial charge is 0.300 e. The Bertz CT molecular complexity index is 439. The predicted molar refractivity (Wildman–Crippen MR) is 73.9 cm³/mol. The Labute approximate surface area is 104 Å². The summed E-state index contributed by atoms with van der Waals surface area (Å²) in [5.74, 6) is 0.241. The van der Waals surface area contributed by atoms with Crippen LogP contribution in [-0.4, -0.2) is 5.78 Å². The third-order valence-corrected chi connectivity index (χ3v) is 2.73. The maximum absolute atomic E-state index is 11.1. The number of allylic oxidation sites excluding steroid dienone is 4. The van der Waals surface area contributed by atoms with Gasteiger partial charge in [-0.3, -0.25) is 0 Å². The monoisotopic (exact) mass is 228 g/mol. The van der Waals surface area contributed by atoms with E-state index >= 15 is 0 Å². The van der Waals surface area contributed by atoms with Crippen LogP contribution < -0.4 is 0 Å². The van der Waals surface area contributed by atoms with E-state index in [2.05, 4.69) is 25.1 Å². The quantitative estimate of drug-likeness (QED) is 0.686. The Kier molecular flexibility index (Phi) is 5.41. The summed E-state index contributed by atoms with van der Waals surface area (Å²) < 4.78 is 0. The van der Waals surface area contributed by atoms with Gasteiger partial charge in [-0.1, -0.05) is 42.5 Å². The van der Waals surface area contributed by atoms with Crippen LogP contribution in [0.2, 0.25) is 0 Å². The minimum atomic E-state index is 0.241. The highest BCUT2D eigenvalue weighted by Crippen LogP contribution is 2.23. The highest BCUT2D eigenvalue weighted by molar-refractivity contribution is 5.79. The van der Waals surface area contributed by atoms with Gasteiger partial charge in [0.15, 0.2) is 0 Å². The minimum Gasteiger partial charge on any atom is -0.300 e. The molecule has 0 N–H and O–H groups in total. The van der Waals surface area contributed by atoms with E-state index in [1.807, 2.05) is 31.2 Å². The van der Waals surface area contributed by atoms with Crippen molar-refractivity contribution in [3.63, 3.8) is 0 Å². The molecule has 0 aliphatic heterocycles. The molecule has 0 spiro atoms. The van der Waals surface area contributed by atoms with Crippen LogP contribution in [-0.2, 0) is 4.79 Å². The second kappa shape index (κ2) is 6.85. The molecule has 0 aliphatic carbocycles. The lowest BCUT2D eigenvalue weighted by molar-refractivity contribution is -0.116. The van der Waals surface area contributed by atoms with Crippen LogP contribution in [0, 0.1) is 6.92 Å². The van der Waals surface area contributed by atoms with Crippen LogP contribution in [0.4, 0.5) is 0 Å². The van der Waals surface area contributed by atoms with Gasteiger partial charge < -0.3 is 4.79 Å². The fourth-order valence-electron chi connectivity index (χ4n) is 1.76. The van der Waals surface area contributed by atoms with Gasteiger partial charge in [-0.05, 0) is 43.9 Å². The van der Waals surface area contributed by atoms with E-state index in [0.717, 1.165) is 6.42 Å². The van der Waals surface area contributed by atoms with Crippen molar-refractivity contribution in [1.29, 1.82) is 0 Å². The molecule has 1 nitrogen and oxygen atoms in total. The topological polar surface area (TPSA) is 17.1 Å². The first-order valence-corrected chi connectivity index (χ1v) is 6.02. The maximum atomic E-state index is 11.1. The second-order valence-corrected chi connectivity index (χ2v) is 4.23. The lowest BCUT2D eigenvalue weighted by Crippen LogP contribution is -1.94. The summed E-state index contributed by atoms with van der Waals surface area (Å²) in [5.41, 5.74) is 3.73. The Balaban J connectivity index is 2.98.